The van der Waals surface area contributed by atoms with Gasteiger partial charge in [-0.1, -0.05) is 51.5 Å². The van der Waals surface area contributed by atoms with E-state index in [2.05, 4.69) is 33.9 Å². The third kappa shape index (κ3) is 3.01. The summed E-state index contributed by atoms with van der Waals surface area (Å²) >= 11 is 0. The lowest BCUT2D eigenvalue weighted by molar-refractivity contribution is 0.0616. The lowest BCUT2D eigenvalue weighted by Crippen LogP contribution is -2.47. The van der Waals surface area contributed by atoms with Crippen LogP contribution in [0.3, 0.4) is 0 Å². The Hall–Kier alpha value is -1.68. The van der Waals surface area contributed by atoms with E-state index in [4.69, 9.17) is 4.43 Å². The largest absolute Gasteiger partial charge is 0.547 e. The van der Waals surface area contributed by atoms with Gasteiger partial charge in [-0.05, 0) is 48.9 Å². The van der Waals surface area contributed by atoms with Crippen LogP contribution in [-0.4, -0.2) is 19.9 Å². The van der Waals surface area contributed by atoms with Crippen molar-refractivity contribution in [2.75, 3.05) is 0 Å². The lowest BCUT2D eigenvalue weighted by atomic mass is 9.59. The Balaban J connectivity index is 1.78. The van der Waals surface area contributed by atoms with Crippen LogP contribution in [0.2, 0.25) is 18.1 Å². The Bertz CT molecular complexity index is 859. The molecular weight excluding hydrogens is 364 g/mol. The molecule has 0 N–H and O–H groups in total. The second kappa shape index (κ2) is 6.69. The van der Waals surface area contributed by atoms with Gasteiger partial charge in [-0.25, -0.2) is 0 Å². The second-order valence-electron chi connectivity index (χ2n) is 10.3. The molecule has 0 unspecified atom stereocenters. The molecule has 0 aromatic heterocycles. The predicted octanol–water partition coefficient (Wildman–Crippen LogP) is 6.17. The minimum Gasteiger partial charge on any atom is -0.547 e. The van der Waals surface area contributed by atoms with E-state index in [1.54, 1.807) is 0 Å². The monoisotopic (exact) mass is 396 g/mol. The summed E-state index contributed by atoms with van der Waals surface area (Å²) < 4.78 is 6.79. The van der Waals surface area contributed by atoms with Gasteiger partial charge in [0, 0.05) is 29.4 Å². The minimum absolute atomic E-state index is 0.112. The Kier molecular flexibility index (Phi) is 4.69. The van der Waals surface area contributed by atoms with Crippen molar-refractivity contribution in [1.82, 2.24) is 0 Å². The first-order valence-electron chi connectivity index (χ1n) is 10.7. The highest BCUT2D eigenvalue weighted by Crippen LogP contribution is 2.52. The predicted molar refractivity (Wildman–Crippen MR) is 114 cm³/mol. The molecule has 1 fully saturated rings. The van der Waals surface area contributed by atoms with Crippen molar-refractivity contribution in [3.63, 3.8) is 0 Å². The number of ketones is 2. The van der Waals surface area contributed by atoms with Crippen molar-refractivity contribution in [3.8, 4) is 0 Å². The summed E-state index contributed by atoms with van der Waals surface area (Å²) in [5.74, 6) is 1.10. The van der Waals surface area contributed by atoms with Gasteiger partial charge in [0.25, 0.3) is 0 Å². The Labute approximate surface area is 169 Å². The van der Waals surface area contributed by atoms with Crippen LogP contribution in [-0.2, 0) is 4.43 Å². The van der Waals surface area contributed by atoms with E-state index in [9.17, 15) is 9.59 Å². The molecule has 0 spiro atoms. The van der Waals surface area contributed by atoms with Gasteiger partial charge >= 0.3 is 0 Å². The number of rotatable bonds is 2. The number of Topliss-reactive ketones (excluding diaryl/α,β-unsaturated/α-hetero) is 2. The number of carbonyl (C=O) groups is 2. The molecule has 3 aliphatic carbocycles. The van der Waals surface area contributed by atoms with Crippen molar-refractivity contribution in [2.24, 2.45) is 17.8 Å². The topological polar surface area (TPSA) is 43.4 Å². The molecule has 0 bridgehead atoms. The van der Waals surface area contributed by atoms with E-state index in [0.717, 1.165) is 31.4 Å². The summed E-state index contributed by atoms with van der Waals surface area (Å²) in [7, 11) is -1.99. The van der Waals surface area contributed by atoms with Crippen molar-refractivity contribution in [1.29, 1.82) is 0 Å². The average Bonchev–Trinajstić information content (AvgIpc) is 2.65. The first-order chi connectivity index (χ1) is 13.1. The van der Waals surface area contributed by atoms with Crippen LogP contribution in [0.5, 0.6) is 0 Å². The summed E-state index contributed by atoms with van der Waals surface area (Å²) in [5, 5.41) is 0.112. The Morgan fingerprint density at radius 2 is 1.61 bits per heavy atom. The van der Waals surface area contributed by atoms with Crippen molar-refractivity contribution < 1.29 is 14.0 Å². The third-order valence-corrected chi connectivity index (χ3v) is 11.9. The first kappa shape index (κ1) is 19.6. The summed E-state index contributed by atoms with van der Waals surface area (Å²) in [6.45, 7) is 11.3. The van der Waals surface area contributed by atoms with Gasteiger partial charge in [0.05, 0.1) is 5.76 Å². The molecule has 28 heavy (non-hydrogen) atoms. The Morgan fingerprint density at radius 1 is 0.964 bits per heavy atom. The highest BCUT2D eigenvalue weighted by molar-refractivity contribution is 6.74. The number of carbonyl (C=O) groups excluding carboxylic acids is 2. The SMILES string of the molecule is CC(C)(C)[Si](C)(C)OC1=C2CCCC[C@@H]2[C@@H]2C(=O)c3ccccc3C(=O)[C@@H]2C1. The van der Waals surface area contributed by atoms with Crippen LogP contribution in [0.25, 0.3) is 0 Å². The molecule has 3 atom stereocenters. The fourth-order valence-electron chi connectivity index (χ4n) is 5.00. The fourth-order valence-corrected chi connectivity index (χ4v) is 6.14. The minimum atomic E-state index is -1.99. The van der Waals surface area contributed by atoms with Gasteiger partial charge in [-0.2, -0.15) is 0 Å². The van der Waals surface area contributed by atoms with Crippen LogP contribution in [0.4, 0.5) is 0 Å². The zero-order chi connectivity index (χ0) is 20.3. The molecule has 3 nitrogen and oxygen atoms in total. The number of allylic oxidation sites excluding steroid dienone is 2. The van der Waals surface area contributed by atoms with E-state index in [0.29, 0.717) is 17.5 Å². The smallest absolute Gasteiger partial charge is 0.250 e. The second-order valence-corrected chi connectivity index (χ2v) is 15.0. The standard InChI is InChI=1S/C24H32O3Si/c1-24(2,3)28(4,5)27-20-14-19-21(16-11-7-6-10-15(16)20)23(26)18-13-9-8-12-17(18)22(19)25/h8-9,12-13,16,19,21H,6-7,10-11,14H2,1-5H3/t16-,19+,21-/m0/s1. The van der Waals surface area contributed by atoms with Crippen LogP contribution >= 0.6 is 0 Å². The molecule has 4 rings (SSSR count). The molecule has 0 saturated heterocycles. The number of hydrogen-bond donors (Lipinski definition) is 0. The molecule has 0 heterocycles. The van der Waals surface area contributed by atoms with Gasteiger partial charge in [0.15, 0.2) is 11.6 Å². The van der Waals surface area contributed by atoms with Crippen LogP contribution in [0, 0.1) is 17.8 Å². The average molecular weight is 397 g/mol. The molecule has 1 aromatic rings. The van der Waals surface area contributed by atoms with Crippen molar-refractivity contribution in [3.05, 3.63) is 46.7 Å². The van der Waals surface area contributed by atoms with E-state index in [1.807, 2.05) is 24.3 Å². The molecule has 1 aromatic carbocycles. The van der Waals surface area contributed by atoms with E-state index < -0.39 is 8.32 Å². The molecular formula is C24H32O3Si. The summed E-state index contributed by atoms with van der Waals surface area (Å²) in [6, 6.07) is 7.39. The molecule has 4 heteroatoms. The third-order valence-electron chi connectivity index (χ3n) is 7.57. The summed E-state index contributed by atoms with van der Waals surface area (Å²) in [6.07, 6.45) is 4.91. The van der Waals surface area contributed by atoms with Gasteiger partial charge in [-0.15, -0.1) is 0 Å². The van der Waals surface area contributed by atoms with E-state index in [1.165, 1.54) is 5.57 Å². The van der Waals surface area contributed by atoms with Crippen LogP contribution in [0.15, 0.2) is 35.6 Å². The molecule has 150 valence electrons. The fraction of sp³-hybridized carbons (Fsp3) is 0.583. The van der Waals surface area contributed by atoms with Gasteiger partial charge in [-0.3, -0.25) is 9.59 Å². The normalized spacial score (nSPS) is 27.8. The van der Waals surface area contributed by atoms with Crippen molar-refractivity contribution >= 4 is 19.9 Å². The molecule has 0 radical (unpaired) electrons. The maximum absolute atomic E-state index is 13.4. The number of hydrogen-bond acceptors (Lipinski definition) is 3. The van der Waals surface area contributed by atoms with Gasteiger partial charge in [0.2, 0.25) is 8.32 Å². The first-order valence-corrected chi connectivity index (χ1v) is 13.6. The van der Waals surface area contributed by atoms with Gasteiger partial charge < -0.3 is 4.43 Å². The maximum atomic E-state index is 13.4. The van der Waals surface area contributed by atoms with Crippen LogP contribution in [0.1, 0.15) is 73.6 Å². The van der Waals surface area contributed by atoms with Crippen molar-refractivity contribution in [2.45, 2.75) is 71.0 Å². The number of benzene rings is 1. The molecule has 3 aliphatic rings. The maximum Gasteiger partial charge on any atom is 0.250 e. The van der Waals surface area contributed by atoms with E-state index in [-0.39, 0.29) is 34.4 Å². The summed E-state index contributed by atoms with van der Waals surface area (Å²) in [4.78, 5) is 26.8. The Morgan fingerprint density at radius 3 is 2.25 bits per heavy atom. The molecule has 1 saturated carbocycles. The highest BCUT2D eigenvalue weighted by atomic mass is 28.4. The number of fused-ring (bicyclic) bond motifs is 4. The lowest BCUT2D eigenvalue weighted by Gasteiger charge is -2.46. The highest BCUT2D eigenvalue weighted by Gasteiger charge is 2.51. The zero-order valence-electron chi connectivity index (χ0n) is 17.8. The quantitative estimate of drug-likeness (QED) is 0.562. The molecule has 0 amide bonds. The zero-order valence-corrected chi connectivity index (χ0v) is 18.8. The van der Waals surface area contributed by atoms with Gasteiger partial charge in [0.1, 0.15) is 0 Å². The van der Waals surface area contributed by atoms with Crippen LogP contribution < -0.4 is 0 Å². The van der Waals surface area contributed by atoms with E-state index >= 15 is 0 Å². The summed E-state index contributed by atoms with van der Waals surface area (Å²) in [5.41, 5.74) is 2.59. The molecule has 0 aliphatic heterocycles.